The van der Waals surface area contributed by atoms with Crippen LogP contribution in [0, 0.1) is 5.92 Å². The van der Waals surface area contributed by atoms with Gasteiger partial charge < -0.3 is 5.11 Å². The van der Waals surface area contributed by atoms with Gasteiger partial charge in [0.05, 0.1) is 12.0 Å². The monoisotopic (exact) mass is 273 g/mol. The molecular weight excluding hydrogens is 255 g/mol. The zero-order valence-electron chi connectivity index (χ0n) is 10.6. The van der Waals surface area contributed by atoms with Crippen LogP contribution in [0.2, 0.25) is 0 Å². The van der Waals surface area contributed by atoms with E-state index in [9.17, 15) is 18.3 Å². The summed E-state index contributed by atoms with van der Waals surface area (Å²) in [7, 11) is 0. The third kappa shape index (κ3) is 3.94. The highest BCUT2D eigenvalue weighted by atomic mass is 19.4. The Balaban J connectivity index is 1.92. The Hall–Kier alpha value is -1.07. The summed E-state index contributed by atoms with van der Waals surface area (Å²) in [5.74, 6) is -1.26. The molecule has 2 atom stereocenters. The number of aliphatic hydroxyl groups excluding tert-OH is 1. The molecule has 1 fully saturated rings. The predicted molar refractivity (Wildman–Crippen MR) is 66.6 cm³/mol. The van der Waals surface area contributed by atoms with Crippen molar-refractivity contribution in [1.82, 2.24) is 4.90 Å². The molecule has 0 radical (unpaired) electrons. The van der Waals surface area contributed by atoms with Gasteiger partial charge in [-0.15, -0.1) is 0 Å². The third-order valence-electron chi connectivity index (χ3n) is 3.58. The molecule has 1 aromatic carbocycles. The van der Waals surface area contributed by atoms with E-state index in [1.54, 1.807) is 17.0 Å². The molecule has 106 valence electrons. The second kappa shape index (κ2) is 5.92. The summed E-state index contributed by atoms with van der Waals surface area (Å²) >= 11 is 0. The molecule has 1 N–H and O–H groups in total. The zero-order chi connectivity index (χ0) is 13.9. The Labute approximate surface area is 110 Å². The van der Waals surface area contributed by atoms with Crippen LogP contribution in [0.4, 0.5) is 13.2 Å². The number of halogens is 3. The van der Waals surface area contributed by atoms with Crippen LogP contribution in [-0.4, -0.2) is 35.8 Å². The van der Waals surface area contributed by atoms with Crippen LogP contribution in [0.15, 0.2) is 30.3 Å². The summed E-state index contributed by atoms with van der Waals surface area (Å²) in [6.07, 6.45) is -4.13. The summed E-state index contributed by atoms with van der Waals surface area (Å²) in [5.41, 5.74) is 0.747. The van der Waals surface area contributed by atoms with Gasteiger partial charge in [-0.05, 0) is 24.9 Å². The van der Waals surface area contributed by atoms with Gasteiger partial charge in [-0.25, -0.2) is 0 Å². The highest BCUT2D eigenvalue weighted by Crippen LogP contribution is 2.33. The molecule has 2 nitrogen and oxygen atoms in total. The van der Waals surface area contributed by atoms with Gasteiger partial charge in [-0.3, -0.25) is 4.90 Å². The average molecular weight is 273 g/mol. The first-order chi connectivity index (χ1) is 8.97. The van der Waals surface area contributed by atoms with Crippen LogP contribution in [-0.2, 0) is 0 Å². The predicted octanol–water partition coefficient (Wildman–Crippen LogP) is 2.99. The van der Waals surface area contributed by atoms with Crippen molar-refractivity contribution in [2.24, 2.45) is 5.92 Å². The molecule has 1 aromatic rings. The Kier molecular flexibility index (Phi) is 4.47. The number of alkyl halides is 3. The van der Waals surface area contributed by atoms with Gasteiger partial charge >= 0.3 is 6.18 Å². The maximum atomic E-state index is 12.7. The number of nitrogens with zero attached hydrogens (tertiary/aromatic N) is 1. The molecule has 2 rings (SSSR count). The minimum atomic E-state index is -4.13. The molecule has 1 saturated heterocycles. The van der Waals surface area contributed by atoms with Crippen molar-refractivity contribution < 1.29 is 18.3 Å². The van der Waals surface area contributed by atoms with Crippen molar-refractivity contribution in [1.29, 1.82) is 0 Å². The fourth-order valence-corrected chi connectivity index (χ4v) is 2.51. The molecular formula is C14H18F3NO. The first-order valence-corrected chi connectivity index (χ1v) is 6.49. The first-order valence-electron chi connectivity index (χ1n) is 6.49. The summed E-state index contributed by atoms with van der Waals surface area (Å²) in [4.78, 5) is 1.71. The second-order valence-corrected chi connectivity index (χ2v) is 5.07. The Morgan fingerprint density at radius 1 is 1.26 bits per heavy atom. The SMILES string of the molecule is O[C@H](CN1CCC[C@H](C(F)(F)F)C1)c1ccccc1. The number of rotatable bonds is 3. The summed E-state index contributed by atoms with van der Waals surface area (Å²) in [5, 5.41) is 10.0. The number of β-amino-alcohol motifs (C(OH)–C–C–N with tert-alkyl or cyclic N) is 1. The zero-order valence-corrected chi connectivity index (χ0v) is 10.6. The minimum Gasteiger partial charge on any atom is -0.387 e. The number of hydrogen-bond donors (Lipinski definition) is 1. The smallest absolute Gasteiger partial charge is 0.387 e. The van der Waals surface area contributed by atoms with E-state index >= 15 is 0 Å². The van der Waals surface area contributed by atoms with E-state index in [1.165, 1.54) is 0 Å². The van der Waals surface area contributed by atoms with Crippen molar-refractivity contribution in [3.63, 3.8) is 0 Å². The third-order valence-corrected chi connectivity index (χ3v) is 3.58. The van der Waals surface area contributed by atoms with E-state index in [0.29, 0.717) is 13.0 Å². The number of likely N-dealkylation sites (tertiary alicyclic amines) is 1. The van der Waals surface area contributed by atoms with E-state index in [1.807, 2.05) is 18.2 Å². The molecule has 0 saturated carbocycles. The van der Waals surface area contributed by atoms with E-state index in [0.717, 1.165) is 5.56 Å². The first kappa shape index (κ1) is 14.3. The van der Waals surface area contributed by atoms with Gasteiger partial charge in [0.15, 0.2) is 0 Å². The van der Waals surface area contributed by atoms with Gasteiger partial charge in [-0.1, -0.05) is 30.3 Å². The maximum Gasteiger partial charge on any atom is 0.393 e. The number of hydrogen-bond acceptors (Lipinski definition) is 2. The largest absolute Gasteiger partial charge is 0.393 e. The van der Waals surface area contributed by atoms with Crippen molar-refractivity contribution in [3.05, 3.63) is 35.9 Å². The standard InChI is InChI=1S/C14H18F3NO/c15-14(16,17)12-7-4-8-18(9-12)10-13(19)11-5-2-1-3-6-11/h1-3,5-6,12-13,19H,4,7-10H2/t12-,13+/m0/s1. The maximum absolute atomic E-state index is 12.7. The van der Waals surface area contributed by atoms with Gasteiger partial charge in [0.25, 0.3) is 0 Å². The van der Waals surface area contributed by atoms with E-state index in [4.69, 9.17) is 0 Å². The van der Waals surface area contributed by atoms with Crippen LogP contribution in [0.5, 0.6) is 0 Å². The summed E-state index contributed by atoms with van der Waals surface area (Å²) in [6.45, 7) is 0.875. The van der Waals surface area contributed by atoms with Gasteiger partial charge in [0.1, 0.15) is 0 Å². The molecule has 5 heteroatoms. The Morgan fingerprint density at radius 3 is 2.58 bits per heavy atom. The van der Waals surface area contributed by atoms with Crippen LogP contribution >= 0.6 is 0 Å². The quantitative estimate of drug-likeness (QED) is 0.915. The Bertz CT molecular complexity index is 393. The van der Waals surface area contributed by atoms with Crippen LogP contribution in [0.1, 0.15) is 24.5 Å². The fraction of sp³-hybridized carbons (Fsp3) is 0.571. The van der Waals surface area contributed by atoms with Crippen LogP contribution in [0.25, 0.3) is 0 Å². The lowest BCUT2D eigenvalue weighted by Crippen LogP contribution is -2.43. The lowest BCUT2D eigenvalue weighted by molar-refractivity contribution is -0.187. The molecule has 19 heavy (non-hydrogen) atoms. The molecule has 0 bridgehead atoms. The summed E-state index contributed by atoms with van der Waals surface area (Å²) < 4.78 is 38.1. The second-order valence-electron chi connectivity index (χ2n) is 5.07. The molecule has 0 spiro atoms. The van der Waals surface area contributed by atoms with Gasteiger partial charge in [-0.2, -0.15) is 13.2 Å². The normalized spacial score (nSPS) is 23.3. The molecule has 1 aliphatic rings. The number of benzene rings is 1. The van der Waals surface area contributed by atoms with Crippen LogP contribution in [0.3, 0.4) is 0 Å². The van der Waals surface area contributed by atoms with E-state index < -0.39 is 18.2 Å². The van der Waals surface area contributed by atoms with E-state index in [-0.39, 0.29) is 19.5 Å². The summed E-state index contributed by atoms with van der Waals surface area (Å²) in [6, 6.07) is 9.04. The lowest BCUT2D eigenvalue weighted by atomic mass is 9.97. The highest BCUT2D eigenvalue weighted by molar-refractivity contribution is 5.17. The highest BCUT2D eigenvalue weighted by Gasteiger charge is 2.41. The van der Waals surface area contributed by atoms with Gasteiger partial charge in [0, 0.05) is 13.1 Å². The van der Waals surface area contributed by atoms with Crippen molar-refractivity contribution in [2.75, 3.05) is 19.6 Å². The number of aliphatic hydroxyl groups is 1. The lowest BCUT2D eigenvalue weighted by Gasteiger charge is -2.34. The van der Waals surface area contributed by atoms with Crippen molar-refractivity contribution >= 4 is 0 Å². The molecule has 0 unspecified atom stereocenters. The molecule has 0 aliphatic carbocycles. The topological polar surface area (TPSA) is 23.5 Å². The molecule has 0 aromatic heterocycles. The van der Waals surface area contributed by atoms with E-state index in [2.05, 4.69) is 0 Å². The Morgan fingerprint density at radius 2 is 1.95 bits per heavy atom. The molecule has 1 heterocycles. The molecule has 0 amide bonds. The van der Waals surface area contributed by atoms with Crippen molar-refractivity contribution in [3.8, 4) is 0 Å². The van der Waals surface area contributed by atoms with Crippen LogP contribution < -0.4 is 0 Å². The minimum absolute atomic E-state index is 0.00655. The van der Waals surface area contributed by atoms with Crippen molar-refractivity contribution in [2.45, 2.75) is 25.1 Å². The average Bonchev–Trinajstić information content (AvgIpc) is 2.39. The number of piperidine rings is 1. The van der Waals surface area contributed by atoms with Gasteiger partial charge in [0.2, 0.25) is 0 Å². The molecule has 1 aliphatic heterocycles. The fourth-order valence-electron chi connectivity index (χ4n) is 2.51.